The van der Waals surface area contributed by atoms with Crippen molar-refractivity contribution < 1.29 is 14.3 Å². The van der Waals surface area contributed by atoms with Crippen LogP contribution in [0.5, 0.6) is 0 Å². The van der Waals surface area contributed by atoms with Crippen molar-refractivity contribution in [1.29, 1.82) is 0 Å². The van der Waals surface area contributed by atoms with Crippen LogP contribution in [0.1, 0.15) is 104 Å². The molecule has 3 N–H and O–H groups in total. The molecule has 0 saturated heterocycles. The van der Waals surface area contributed by atoms with E-state index in [0.29, 0.717) is 25.1 Å². The third kappa shape index (κ3) is 11.8. The third-order valence-corrected chi connectivity index (χ3v) is 4.81. The first-order valence-corrected chi connectivity index (χ1v) is 11.6. The normalized spacial score (nSPS) is 11.5. The molecule has 0 radical (unpaired) electrons. The molecule has 0 bridgehead atoms. The number of anilines is 1. The van der Waals surface area contributed by atoms with Gasteiger partial charge in [-0.1, -0.05) is 58.3 Å². The molecule has 0 fully saturated rings. The summed E-state index contributed by atoms with van der Waals surface area (Å²) in [6.07, 6.45) is 14.3. The predicted octanol–water partition coefficient (Wildman–Crippen LogP) is 5.22. The molecule has 0 atom stereocenters. The minimum atomic E-state index is -0.590. The summed E-state index contributed by atoms with van der Waals surface area (Å²) >= 11 is 0. The van der Waals surface area contributed by atoms with Gasteiger partial charge in [-0.15, -0.1) is 0 Å². The summed E-state index contributed by atoms with van der Waals surface area (Å²) in [6.45, 7) is 8.24. The van der Waals surface area contributed by atoms with Gasteiger partial charge in [0.1, 0.15) is 5.60 Å². The number of carbonyl (C=O) groups is 2. The smallest absolute Gasteiger partial charge is 0.421 e. The molecule has 1 heterocycles. The number of nitrogen functional groups attached to an aromatic ring is 1. The Balaban J connectivity index is 2.12. The van der Waals surface area contributed by atoms with Gasteiger partial charge in [-0.3, -0.25) is 4.79 Å². The molecule has 1 amide bonds. The summed E-state index contributed by atoms with van der Waals surface area (Å²) in [5.41, 5.74) is 5.94. The Hall–Kier alpha value is -2.05. The third-order valence-electron chi connectivity index (χ3n) is 4.81. The van der Waals surface area contributed by atoms with Gasteiger partial charge in [-0.05, 0) is 40.0 Å². The van der Waals surface area contributed by atoms with Gasteiger partial charge in [0.05, 0.1) is 5.69 Å². The summed E-state index contributed by atoms with van der Waals surface area (Å²) in [5.74, 6) is 0.227. The molecule has 0 aromatic carbocycles. The van der Waals surface area contributed by atoms with Crippen LogP contribution >= 0.6 is 0 Å². The summed E-state index contributed by atoms with van der Waals surface area (Å²) in [6, 6.07) is 0. The van der Waals surface area contributed by atoms with Gasteiger partial charge in [0.15, 0.2) is 0 Å². The largest absolute Gasteiger partial charge is 0.443 e. The summed E-state index contributed by atoms with van der Waals surface area (Å²) < 4.78 is 6.53. The van der Waals surface area contributed by atoms with Gasteiger partial charge < -0.3 is 15.8 Å². The summed E-state index contributed by atoms with van der Waals surface area (Å²) in [7, 11) is 0. The fourth-order valence-electron chi connectivity index (χ4n) is 3.20. The molecule has 0 unspecified atom stereocenters. The molecule has 1 aromatic rings. The first-order valence-electron chi connectivity index (χ1n) is 11.6. The van der Waals surface area contributed by atoms with Crippen molar-refractivity contribution in [1.82, 2.24) is 14.9 Å². The van der Waals surface area contributed by atoms with Crippen LogP contribution < -0.4 is 11.1 Å². The van der Waals surface area contributed by atoms with Crippen molar-refractivity contribution in [3.05, 3.63) is 11.9 Å². The highest BCUT2D eigenvalue weighted by atomic mass is 16.6. The lowest BCUT2D eigenvalue weighted by atomic mass is 10.1. The molecule has 172 valence electrons. The van der Waals surface area contributed by atoms with Crippen LogP contribution in [0, 0.1) is 0 Å². The Labute approximate surface area is 182 Å². The van der Waals surface area contributed by atoms with Gasteiger partial charge in [0.25, 0.3) is 0 Å². The van der Waals surface area contributed by atoms with Crippen molar-refractivity contribution in [2.24, 2.45) is 0 Å². The number of nitrogens with one attached hydrogen (secondary N) is 1. The molecule has 0 aliphatic rings. The number of imidazole rings is 1. The first kappa shape index (κ1) is 26.0. The molecule has 0 aliphatic carbocycles. The average molecular weight is 423 g/mol. The standard InChI is InChI=1S/C23H42N4O3/c1-5-6-7-8-9-10-11-12-13-16-20(28)25-17-14-15-19-18-27(21(24)26-19)22(29)30-23(2,3)4/h18H,5-17H2,1-4H3,(H2,24,26)(H,25,28). The number of hydrogen-bond acceptors (Lipinski definition) is 5. The maximum absolute atomic E-state index is 12.1. The zero-order chi connectivity index (χ0) is 22.4. The Morgan fingerprint density at radius 2 is 1.63 bits per heavy atom. The number of unbranched alkanes of at least 4 members (excludes halogenated alkanes) is 8. The van der Waals surface area contributed by atoms with Crippen molar-refractivity contribution >= 4 is 17.9 Å². The minimum Gasteiger partial charge on any atom is -0.443 e. The molecule has 30 heavy (non-hydrogen) atoms. The summed E-state index contributed by atoms with van der Waals surface area (Å²) in [5, 5.41) is 2.96. The van der Waals surface area contributed by atoms with Crippen LogP contribution in [-0.4, -0.2) is 33.7 Å². The van der Waals surface area contributed by atoms with E-state index >= 15 is 0 Å². The molecule has 0 aliphatic heterocycles. The lowest BCUT2D eigenvalue weighted by Gasteiger charge is -2.19. The van der Waals surface area contributed by atoms with Gasteiger partial charge in [-0.25, -0.2) is 14.3 Å². The van der Waals surface area contributed by atoms with E-state index in [9.17, 15) is 9.59 Å². The van der Waals surface area contributed by atoms with Crippen LogP contribution in [0.3, 0.4) is 0 Å². The lowest BCUT2D eigenvalue weighted by Crippen LogP contribution is -2.27. The Morgan fingerprint density at radius 3 is 2.23 bits per heavy atom. The van der Waals surface area contributed by atoms with Gasteiger partial charge in [-0.2, -0.15) is 0 Å². The van der Waals surface area contributed by atoms with Gasteiger partial charge in [0, 0.05) is 19.2 Å². The number of amides is 1. The zero-order valence-electron chi connectivity index (χ0n) is 19.5. The highest BCUT2D eigenvalue weighted by molar-refractivity contribution is 5.75. The van der Waals surface area contributed by atoms with Crippen LogP contribution in [0.2, 0.25) is 0 Å². The molecule has 7 heteroatoms. The minimum absolute atomic E-state index is 0.108. The Morgan fingerprint density at radius 1 is 1.03 bits per heavy atom. The predicted molar refractivity (Wildman–Crippen MR) is 121 cm³/mol. The second-order valence-corrected chi connectivity index (χ2v) is 8.97. The molecular weight excluding hydrogens is 380 g/mol. The van der Waals surface area contributed by atoms with Crippen molar-refractivity contribution in [2.75, 3.05) is 12.3 Å². The highest BCUT2D eigenvalue weighted by Crippen LogP contribution is 2.13. The number of nitrogens with zero attached hydrogens (tertiary/aromatic N) is 2. The fraction of sp³-hybridized carbons (Fsp3) is 0.783. The molecule has 7 nitrogen and oxygen atoms in total. The number of aryl methyl sites for hydroxylation is 1. The Bertz CT molecular complexity index is 635. The lowest BCUT2D eigenvalue weighted by molar-refractivity contribution is -0.121. The molecule has 0 saturated carbocycles. The number of nitrogens with two attached hydrogens (primary N) is 1. The van der Waals surface area contributed by atoms with Gasteiger partial charge >= 0.3 is 6.09 Å². The molecular formula is C23H42N4O3. The fourth-order valence-corrected chi connectivity index (χ4v) is 3.20. The number of ether oxygens (including phenoxy) is 1. The number of hydrogen-bond donors (Lipinski definition) is 2. The van der Waals surface area contributed by atoms with Gasteiger partial charge in [0.2, 0.25) is 11.9 Å². The van der Waals surface area contributed by atoms with E-state index in [1.54, 1.807) is 27.0 Å². The maximum Gasteiger partial charge on any atom is 0.421 e. The van der Waals surface area contributed by atoms with E-state index in [1.807, 2.05) is 0 Å². The van der Waals surface area contributed by atoms with Crippen LogP contribution in [-0.2, 0) is 16.0 Å². The highest BCUT2D eigenvalue weighted by Gasteiger charge is 2.20. The number of aromatic nitrogens is 2. The first-order chi connectivity index (χ1) is 14.2. The molecule has 0 spiro atoms. The van der Waals surface area contributed by atoms with Crippen molar-refractivity contribution in [3.63, 3.8) is 0 Å². The van der Waals surface area contributed by atoms with E-state index in [4.69, 9.17) is 10.5 Å². The zero-order valence-corrected chi connectivity index (χ0v) is 19.5. The topological polar surface area (TPSA) is 99.2 Å². The second-order valence-electron chi connectivity index (χ2n) is 8.97. The number of rotatable bonds is 14. The molecule has 1 aromatic heterocycles. The quantitative estimate of drug-likeness (QED) is 0.401. The van der Waals surface area contributed by atoms with Crippen LogP contribution in [0.25, 0.3) is 0 Å². The SMILES string of the molecule is CCCCCCCCCCCC(=O)NCCCc1cn(C(=O)OC(C)(C)C)c(N)n1. The Kier molecular flexibility index (Phi) is 12.2. The van der Waals surface area contributed by atoms with E-state index in [2.05, 4.69) is 17.2 Å². The van der Waals surface area contributed by atoms with Crippen molar-refractivity contribution in [2.45, 2.75) is 110 Å². The van der Waals surface area contributed by atoms with E-state index in [-0.39, 0.29) is 11.9 Å². The van der Waals surface area contributed by atoms with Crippen LogP contribution in [0.15, 0.2) is 6.20 Å². The monoisotopic (exact) mass is 422 g/mol. The van der Waals surface area contributed by atoms with E-state index < -0.39 is 11.7 Å². The second kappa shape index (κ2) is 14.0. The van der Waals surface area contributed by atoms with Crippen LogP contribution in [0.4, 0.5) is 10.7 Å². The molecule has 1 rings (SSSR count). The van der Waals surface area contributed by atoms with E-state index in [0.717, 1.165) is 19.3 Å². The maximum atomic E-state index is 12.1. The van der Waals surface area contributed by atoms with E-state index in [1.165, 1.54) is 49.5 Å². The number of carbonyl (C=O) groups excluding carboxylic acids is 2. The van der Waals surface area contributed by atoms with Crippen molar-refractivity contribution in [3.8, 4) is 0 Å². The average Bonchev–Trinajstić information content (AvgIpc) is 3.03. The summed E-state index contributed by atoms with van der Waals surface area (Å²) in [4.78, 5) is 28.2.